The van der Waals surface area contributed by atoms with E-state index in [0.717, 1.165) is 35.2 Å². The van der Waals surface area contributed by atoms with Gasteiger partial charge < -0.3 is 19.9 Å². The van der Waals surface area contributed by atoms with Crippen LogP contribution >= 0.6 is 11.3 Å². The van der Waals surface area contributed by atoms with Crippen molar-refractivity contribution in [3.63, 3.8) is 0 Å². The lowest BCUT2D eigenvalue weighted by molar-refractivity contribution is 0.194. The molecule has 1 saturated heterocycles. The van der Waals surface area contributed by atoms with Crippen molar-refractivity contribution < 1.29 is 9.53 Å². The van der Waals surface area contributed by atoms with Gasteiger partial charge in [-0.05, 0) is 19.1 Å². The van der Waals surface area contributed by atoms with Crippen LogP contribution in [0.25, 0.3) is 0 Å². The molecule has 1 aliphatic heterocycles. The summed E-state index contributed by atoms with van der Waals surface area (Å²) in [4.78, 5) is 20.8. The molecule has 0 unspecified atom stereocenters. The Labute approximate surface area is 146 Å². The zero-order chi connectivity index (χ0) is 16.9. The lowest BCUT2D eigenvalue weighted by Crippen LogP contribution is -2.51. The van der Waals surface area contributed by atoms with Crippen molar-refractivity contribution in [3.8, 4) is 5.75 Å². The number of hydrogen-bond donors (Lipinski definition) is 1. The predicted molar refractivity (Wildman–Crippen MR) is 95.9 cm³/mol. The molecule has 0 spiro atoms. The maximum Gasteiger partial charge on any atom is 0.317 e. The number of anilines is 1. The fraction of sp³-hybridized carbons (Fsp3) is 0.412. The molecule has 2 heterocycles. The molecule has 0 bridgehead atoms. The van der Waals surface area contributed by atoms with Gasteiger partial charge in [-0.15, -0.1) is 11.3 Å². The van der Waals surface area contributed by atoms with Gasteiger partial charge in [0.2, 0.25) is 0 Å². The summed E-state index contributed by atoms with van der Waals surface area (Å²) in [5.41, 5.74) is 2.08. The number of carbonyl (C=O) groups is 1. The molecule has 7 heteroatoms. The molecule has 24 heavy (non-hydrogen) atoms. The van der Waals surface area contributed by atoms with Gasteiger partial charge in [0.05, 0.1) is 19.3 Å². The molecule has 0 saturated carbocycles. The monoisotopic (exact) mass is 346 g/mol. The highest BCUT2D eigenvalue weighted by Gasteiger charge is 2.22. The molecule has 128 valence electrons. The number of hydrogen-bond acceptors (Lipinski definition) is 5. The van der Waals surface area contributed by atoms with Gasteiger partial charge >= 0.3 is 6.03 Å². The first-order valence-electron chi connectivity index (χ1n) is 7.99. The molecule has 1 aromatic heterocycles. The van der Waals surface area contributed by atoms with Crippen LogP contribution in [0.5, 0.6) is 5.75 Å². The summed E-state index contributed by atoms with van der Waals surface area (Å²) in [6.07, 6.45) is 0. The summed E-state index contributed by atoms with van der Waals surface area (Å²) in [6.45, 7) is 5.43. The Morgan fingerprint density at radius 1 is 1.29 bits per heavy atom. The average molecular weight is 346 g/mol. The Morgan fingerprint density at radius 2 is 2.04 bits per heavy atom. The van der Waals surface area contributed by atoms with Crippen LogP contribution in [0.15, 0.2) is 29.6 Å². The molecule has 1 aromatic carbocycles. The molecule has 1 fully saturated rings. The second kappa shape index (κ2) is 7.53. The quantitative estimate of drug-likeness (QED) is 0.924. The molecule has 0 radical (unpaired) electrons. The number of aromatic nitrogens is 1. The number of benzene rings is 1. The van der Waals surface area contributed by atoms with E-state index in [1.165, 1.54) is 0 Å². The van der Waals surface area contributed by atoms with E-state index < -0.39 is 0 Å². The standard InChI is InChI=1S/C17H22N4O2S/c1-13-12-24-16(19-13)11-18-17(22)21-9-7-20(8-10-21)14-5-3-4-6-15(14)23-2/h3-6,12H,7-11H2,1-2H3,(H,18,22). The Hall–Kier alpha value is -2.28. The maximum atomic E-state index is 12.3. The molecular weight excluding hydrogens is 324 g/mol. The van der Waals surface area contributed by atoms with Gasteiger partial charge in [0.15, 0.2) is 0 Å². The smallest absolute Gasteiger partial charge is 0.317 e. The minimum Gasteiger partial charge on any atom is -0.495 e. The van der Waals surface area contributed by atoms with E-state index >= 15 is 0 Å². The largest absolute Gasteiger partial charge is 0.495 e. The highest BCUT2D eigenvalue weighted by molar-refractivity contribution is 7.09. The average Bonchev–Trinajstić information content (AvgIpc) is 3.05. The van der Waals surface area contributed by atoms with Crippen LogP contribution in [-0.2, 0) is 6.54 Å². The van der Waals surface area contributed by atoms with Gasteiger partial charge in [-0.25, -0.2) is 9.78 Å². The van der Waals surface area contributed by atoms with Crippen molar-refractivity contribution in [2.24, 2.45) is 0 Å². The molecule has 0 aliphatic carbocycles. The number of aryl methyl sites for hydroxylation is 1. The van der Waals surface area contributed by atoms with Crippen LogP contribution in [0.4, 0.5) is 10.5 Å². The summed E-state index contributed by atoms with van der Waals surface area (Å²) < 4.78 is 5.42. The zero-order valence-corrected chi connectivity index (χ0v) is 14.8. The highest BCUT2D eigenvalue weighted by Crippen LogP contribution is 2.28. The third-order valence-electron chi connectivity index (χ3n) is 4.05. The van der Waals surface area contributed by atoms with E-state index in [-0.39, 0.29) is 6.03 Å². The van der Waals surface area contributed by atoms with E-state index in [0.29, 0.717) is 19.6 Å². The predicted octanol–water partition coefficient (Wildman–Crippen LogP) is 2.49. The van der Waals surface area contributed by atoms with E-state index in [1.807, 2.05) is 35.4 Å². The van der Waals surface area contributed by atoms with Crippen molar-refractivity contribution >= 4 is 23.1 Å². The number of methoxy groups -OCH3 is 1. The Morgan fingerprint density at radius 3 is 2.71 bits per heavy atom. The summed E-state index contributed by atoms with van der Waals surface area (Å²) >= 11 is 1.57. The first-order chi connectivity index (χ1) is 11.7. The van der Waals surface area contributed by atoms with Crippen molar-refractivity contribution in [1.29, 1.82) is 0 Å². The van der Waals surface area contributed by atoms with Crippen LogP contribution in [0.1, 0.15) is 10.7 Å². The number of piperazine rings is 1. The van der Waals surface area contributed by atoms with Gasteiger partial charge in [-0.2, -0.15) is 0 Å². The van der Waals surface area contributed by atoms with Crippen molar-refractivity contribution in [1.82, 2.24) is 15.2 Å². The van der Waals surface area contributed by atoms with Crippen LogP contribution in [-0.4, -0.2) is 49.2 Å². The third-order valence-corrected chi connectivity index (χ3v) is 5.02. The lowest BCUT2D eigenvalue weighted by atomic mass is 10.2. The third kappa shape index (κ3) is 3.79. The van der Waals surface area contributed by atoms with Crippen molar-refractivity contribution in [3.05, 3.63) is 40.3 Å². The fourth-order valence-electron chi connectivity index (χ4n) is 2.79. The molecule has 1 aliphatic rings. The highest BCUT2D eigenvalue weighted by atomic mass is 32.1. The Kier molecular flexibility index (Phi) is 5.20. The van der Waals surface area contributed by atoms with E-state index in [9.17, 15) is 4.79 Å². The molecule has 0 atom stereocenters. The second-order valence-corrected chi connectivity index (χ2v) is 6.63. The van der Waals surface area contributed by atoms with E-state index in [2.05, 4.69) is 21.3 Å². The molecule has 6 nitrogen and oxygen atoms in total. The first kappa shape index (κ1) is 16.6. The normalized spacial score (nSPS) is 14.6. The molecule has 3 rings (SSSR count). The Bertz CT molecular complexity index is 695. The SMILES string of the molecule is COc1ccccc1N1CCN(C(=O)NCc2nc(C)cs2)CC1. The summed E-state index contributed by atoms with van der Waals surface area (Å²) in [7, 11) is 1.68. The number of carbonyl (C=O) groups excluding carboxylic acids is 1. The number of amides is 2. The van der Waals surface area contributed by atoms with Gasteiger partial charge in [0.25, 0.3) is 0 Å². The van der Waals surface area contributed by atoms with Crippen LogP contribution < -0.4 is 15.0 Å². The van der Waals surface area contributed by atoms with Gasteiger partial charge in [0.1, 0.15) is 10.8 Å². The second-order valence-electron chi connectivity index (χ2n) is 5.69. The Balaban J connectivity index is 1.52. The van der Waals surface area contributed by atoms with Gasteiger partial charge in [0, 0.05) is 37.3 Å². The van der Waals surface area contributed by atoms with Crippen LogP contribution in [0.2, 0.25) is 0 Å². The van der Waals surface area contributed by atoms with Crippen LogP contribution in [0.3, 0.4) is 0 Å². The number of nitrogens with one attached hydrogen (secondary N) is 1. The lowest BCUT2D eigenvalue weighted by Gasteiger charge is -2.36. The summed E-state index contributed by atoms with van der Waals surface area (Å²) in [5.74, 6) is 0.870. The van der Waals surface area contributed by atoms with E-state index in [1.54, 1.807) is 18.4 Å². The summed E-state index contributed by atoms with van der Waals surface area (Å²) in [6, 6.07) is 7.96. The summed E-state index contributed by atoms with van der Waals surface area (Å²) in [5, 5.41) is 5.88. The first-order valence-corrected chi connectivity index (χ1v) is 8.87. The zero-order valence-electron chi connectivity index (χ0n) is 14.0. The van der Waals surface area contributed by atoms with Crippen molar-refractivity contribution in [2.75, 3.05) is 38.2 Å². The molecular formula is C17H22N4O2S. The van der Waals surface area contributed by atoms with Gasteiger partial charge in [-0.1, -0.05) is 12.1 Å². The number of thiazole rings is 1. The number of ether oxygens (including phenoxy) is 1. The van der Waals surface area contributed by atoms with E-state index in [4.69, 9.17) is 4.74 Å². The maximum absolute atomic E-state index is 12.3. The minimum atomic E-state index is -0.0254. The number of urea groups is 1. The fourth-order valence-corrected chi connectivity index (χ4v) is 3.50. The molecule has 2 amide bonds. The topological polar surface area (TPSA) is 57.7 Å². The minimum absolute atomic E-state index is 0.0254. The van der Waals surface area contributed by atoms with Gasteiger partial charge in [-0.3, -0.25) is 0 Å². The van der Waals surface area contributed by atoms with Crippen LogP contribution in [0, 0.1) is 6.92 Å². The van der Waals surface area contributed by atoms with Crippen molar-refractivity contribution in [2.45, 2.75) is 13.5 Å². The molecule has 2 aromatic rings. The number of rotatable bonds is 4. The number of para-hydroxylation sites is 2. The molecule has 1 N–H and O–H groups in total. The number of nitrogens with zero attached hydrogens (tertiary/aromatic N) is 3.